The minimum Gasteiger partial charge on any atom is -0.493 e. The summed E-state index contributed by atoms with van der Waals surface area (Å²) in [6.07, 6.45) is 7.52. The van der Waals surface area contributed by atoms with Gasteiger partial charge in [-0.2, -0.15) is 0 Å². The highest BCUT2D eigenvalue weighted by Gasteiger charge is 2.13. The molecule has 1 aromatic rings. The summed E-state index contributed by atoms with van der Waals surface area (Å²) in [6.45, 7) is 2.50. The molecule has 2 rings (SSSR count). The van der Waals surface area contributed by atoms with Crippen molar-refractivity contribution in [3.05, 3.63) is 24.3 Å². The summed E-state index contributed by atoms with van der Waals surface area (Å²) >= 11 is 0. The van der Waals surface area contributed by atoms with Crippen molar-refractivity contribution in [3.8, 4) is 11.5 Å². The fourth-order valence-electron chi connectivity index (χ4n) is 2.88. The van der Waals surface area contributed by atoms with Crippen molar-refractivity contribution in [1.82, 2.24) is 5.32 Å². The lowest BCUT2D eigenvalue weighted by atomic mass is 10.1. The average Bonchev–Trinajstić information content (AvgIpc) is 2.82. The van der Waals surface area contributed by atoms with Crippen LogP contribution in [0.4, 0.5) is 0 Å². The first-order valence-corrected chi connectivity index (χ1v) is 8.55. The van der Waals surface area contributed by atoms with Crippen molar-refractivity contribution in [2.24, 2.45) is 10.7 Å². The number of hydrogen-bond acceptors (Lipinski definition) is 3. The molecular formula is C18H30IN3O2. The summed E-state index contributed by atoms with van der Waals surface area (Å²) < 4.78 is 11.2. The highest BCUT2D eigenvalue weighted by atomic mass is 127. The van der Waals surface area contributed by atoms with E-state index < -0.39 is 0 Å². The molecule has 1 atom stereocenters. The second kappa shape index (κ2) is 11.4. The highest BCUT2D eigenvalue weighted by molar-refractivity contribution is 14.0. The number of methoxy groups -OCH3 is 1. The number of nitrogens with one attached hydrogen (secondary N) is 1. The van der Waals surface area contributed by atoms with E-state index in [1.165, 1.54) is 38.5 Å². The van der Waals surface area contributed by atoms with Gasteiger partial charge in [0.15, 0.2) is 17.5 Å². The second-order valence-electron chi connectivity index (χ2n) is 6.14. The Bertz CT molecular complexity index is 503. The van der Waals surface area contributed by atoms with Crippen LogP contribution in [0.25, 0.3) is 0 Å². The van der Waals surface area contributed by atoms with E-state index in [1.54, 1.807) is 7.11 Å². The van der Waals surface area contributed by atoms with Crippen LogP contribution >= 0.6 is 24.0 Å². The van der Waals surface area contributed by atoms with Gasteiger partial charge in [0.25, 0.3) is 0 Å². The van der Waals surface area contributed by atoms with Crippen molar-refractivity contribution in [2.75, 3.05) is 13.7 Å². The number of rotatable bonds is 6. The number of nitrogens with two attached hydrogens (primary N) is 1. The minimum absolute atomic E-state index is 0. The van der Waals surface area contributed by atoms with E-state index >= 15 is 0 Å². The number of aliphatic imine (C=N–C) groups is 1. The SMILES string of the molecule is COc1ccccc1OC(C)CN=C(N)NC1CCCCCC1.I. The van der Waals surface area contributed by atoms with Gasteiger partial charge in [-0.3, -0.25) is 0 Å². The van der Waals surface area contributed by atoms with Gasteiger partial charge in [-0.25, -0.2) is 4.99 Å². The van der Waals surface area contributed by atoms with Gasteiger partial charge in [0.2, 0.25) is 0 Å². The number of guanidine groups is 1. The monoisotopic (exact) mass is 447 g/mol. The molecule has 24 heavy (non-hydrogen) atoms. The van der Waals surface area contributed by atoms with Crippen molar-refractivity contribution < 1.29 is 9.47 Å². The number of para-hydroxylation sites is 2. The molecule has 0 spiro atoms. The van der Waals surface area contributed by atoms with E-state index in [4.69, 9.17) is 15.2 Å². The Hall–Kier alpha value is -1.18. The van der Waals surface area contributed by atoms with Crippen molar-refractivity contribution in [2.45, 2.75) is 57.6 Å². The zero-order valence-electron chi connectivity index (χ0n) is 14.7. The third-order valence-electron chi connectivity index (χ3n) is 4.12. The first kappa shape index (κ1) is 20.9. The summed E-state index contributed by atoms with van der Waals surface area (Å²) in [6, 6.07) is 8.09. The smallest absolute Gasteiger partial charge is 0.188 e. The average molecular weight is 447 g/mol. The first-order chi connectivity index (χ1) is 11.2. The highest BCUT2D eigenvalue weighted by Crippen LogP contribution is 2.26. The van der Waals surface area contributed by atoms with Gasteiger partial charge in [0, 0.05) is 6.04 Å². The van der Waals surface area contributed by atoms with Gasteiger partial charge in [-0.1, -0.05) is 37.8 Å². The van der Waals surface area contributed by atoms with Gasteiger partial charge in [0.05, 0.1) is 13.7 Å². The molecule has 0 heterocycles. The second-order valence-corrected chi connectivity index (χ2v) is 6.14. The molecule has 6 heteroatoms. The number of ether oxygens (including phenoxy) is 2. The molecule has 0 amide bonds. The third-order valence-corrected chi connectivity index (χ3v) is 4.12. The van der Waals surface area contributed by atoms with E-state index in [1.807, 2.05) is 31.2 Å². The molecule has 0 aliphatic heterocycles. The third kappa shape index (κ3) is 7.15. The lowest BCUT2D eigenvalue weighted by molar-refractivity contribution is 0.219. The van der Waals surface area contributed by atoms with Gasteiger partial charge in [-0.05, 0) is 31.9 Å². The Morgan fingerprint density at radius 1 is 1.21 bits per heavy atom. The van der Waals surface area contributed by atoms with Crippen molar-refractivity contribution in [1.29, 1.82) is 0 Å². The van der Waals surface area contributed by atoms with E-state index in [0.717, 1.165) is 11.5 Å². The van der Waals surface area contributed by atoms with Crippen LogP contribution in [0.5, 0.6) is 11.5 Å². The van der Waals surface area contributed by atoms with Gasteiger partial charge in [-0.15, -0.1) is 24.0 Å². The summed E-state index contributed by atoms with van der Waals surface area (Å²) in [5.41, 5.74) is 6.01. The lowest BCUT2D eigenvalue weighted by Crippen LogP contribution is -2.40. The molecule has 0 radical (unpaired) electrons. The Kier molecular flexibility index (Phi) is 9.90. The fourth-order valence-corrected chi connectivity index (χ4v) is 2.88. The lowest BCUT2D eigenvalue weighted by Gasteiger charge is -2.18. The Labute approximate surface area is 162 Å². The molecule has 1 aromatic carbocycles. The zero-order chi connectivity index (χ0) is 16.5. The molecule has 3 N–H and O–H groups in total. The van der Waals surface area contributed by atoms with E-state index in [2.05, 4.69) is 10.3 Å². The van der Waals surface area contributed by atoms with Crippen LogP contribution in [0.2, 0.25) is 0 Å². The number of halogens is 1. The normalized spacial score (nSPS) is 17.3. The maximum atomic E-state index is 6.01. The van der Waals surface area contributed by atoms with E-state index in [9.17, 15) is 0 Å². The largest absolute Gasteiger partial charge is 0.493 e. The van der Waals surface area contributed by atoms with Crippen LogP contribution in [-0.4, -0.2) is 31.8 Å². The van der Waals surface area contributed by atoms with Crippen molar-refractivity contribution in [3.63, 3.8) is 0 Å². The molecule has 5 nitrogen and oxygen atoms in total. The topological polar surface area (TPSA) is 68.9 Å². The van der Waals surface area contributed by atoms with Gasteiger partial charge in [0.1, 0.15) is 6.10 Å². The summed E-state index contributed by atoms with van der Waals surface area (Å²) in [7, 11) is 1.64. The summed E-state index contributed by atoms with van der Waals surface area (Å²) in [5.74, 6) is 1.98. The van der Waals surface area contributed by atoms with Crippen molar-refractivity contribution >= 4 is 29.9 Å². The minimum atomic E-state index is -0.0687. The summed E-state index contributed by atoms with van der Waals surface area (Å²) in [4.78, 5) is 4.42. The van der Waals surface area contributed by atoms with Crippen LogP contribution in [0.3, 0.4) is 0 Å². The quantitative estimate of drug-likeness (QED) is 0.302. The van der Waals surface area contributed by atoms with Crippen LogP contribution < -0.4 is 20.5 Å². The predicted octanol–water partition coefficient (Wildman–Crippen LogP) is 3.71. The molecule has 1 aliphatic carbocycles. The molecule has 1 fully saturated rings. The molecular weight excluding hydrogens is 417 g/mol. The van der Waals surface area contributed by atoms with Crippen LogP contribution in [0.1, 0.15) is 45.4 Å². The molecule has 1 saturated carbocycles. The van der Waals surface area contributed by atoms with E-state index in [0.29, 0.717) is 18.5 Å². The molecule has 1 aliphatic rings. The Morgan fingerprint density at radius 3 is 2.46 bits per heavy atom. The number of benzene rings is 1. The Balaban J connectivity index is 0.00000288. The first-order valence-electron chi connectivity index (χ1n) is 8.55. The maximum absolute atomic E-state index is 6.01. The standard InChI is InChI=1S/C18H29N3O2.HI/c1-14(23-17-12-8-7-11-16(17)22-2)13-20-18(19)21-15-9-5-3-4-6-10-15;/h7-8,11-12,14-15H,3-6,9-10,13H2,1-2H3,(H3,19,20,21);1H. The predicted molar refractivity (Wildman–Crippen MR) is 110 cm³/mol. The molecule has 1 unspecified atom stereocenters. The molecule has 0 saturated heterocycles. The van der Waals surface area contributed by atoms with Crippen LogP contribution in [-0.2, 0) is 0 Å². The van der Waals surface area contributed by atoms with Crippen LogP contribution in [0, 0.1) is 0 Å². The van der Waals surface area contributed by atoms with E-state index in [-0.39, 0.29) is 30.1 Å². The number of nitrogens with zero attached hydrogens (tertiary/aromatic N) is 1. The molecule has 136 valence electrons. The Morgan fingerprint density at radius 2 is 1.83 bits per heavy atom. The molecule has 0 bridgehead atoms. The zero-order valence-corrected chi connectivity index (χ0v) is 17.0. The van der Waals surface area contributed by atoms with Gasteiger partial charge < -0.3 is 20.5 Å². The summed E-state index contributed by atoms with van der Waals surface area (Å²) in [5, 5.41) is 3.35. The van der Waals surface area contributed by atoms with Gasteiger partial charge >= 0.3 is 0 Å². The fraction of sp³-hybridized carbons (Fsp3) is 0.611. The maximum Gasteiger partial charge on any atom is 0.188 e. The van der Waals surface area contributed by atoms with Crippen LogP contribution in [0.15, 0.2) is 29.3 Å². The molecule has 0 aromatic heterocycles. The number of hydrogen-bond donors (Lipinski definition) is 2.